The summed E-state index contributed by atoms with van der Waals surface area (Å²) in [5, 5.41) is 8.07. The number of rotatable bonds is 3. The number of benzene rings is 8. The molecule has 8 aromatic carbocycles. The fraction of sp³-hybridized carbons (Fsp3) is 0.149. The van der Waals surface area contributed by atoms with Gasteiger partial charge in [-0.25, -0.2) is 0 Å². The fourth-order valence-electron chi connectivity index (χ4n) is 8.07. The third-order valence-electron chi connectivity index (χ3n) is 10.8. The monoisotopic (exact) mass is 602 g/mol. The Morgan fingerprint density at radius 2 is 0.894 bits per heavy atom. The van der Waals surface area contributed by atoms with Crippen LogP contribution in [0.5, 0.6) is 0 Å². The Labute approximate surface area is 277 Å². The highest BCUT2D eigenvalue weighted by atomic mass is 14.4. The van der Waals surface area contributed by atoms with Crippen LogP contribution < -0.4 is 0 Å². The highest BCUT2D eigenvalue weighted by Gasteiger charge is 2.36. The molecule has 0 radical (unpaired) electrons. The third kappa shape index (κ3) is 4.28. The smallest absolute Gasteiger partial charge is 0.0159 e. The van der Waals surface area contributed by atoms with Crippen LogP contribution in [0.15, 0.2) is 140 Å². The number of fused-ring (bicyclic) bond motifs is 3. The maximum atomic E-state index is 2.47. The molecule has 47 heavy (non-hydrogen) atoms. The minimum atomic E-state index is -0.103. The Bertz CT molecular complexity index is 2470. The van der Waals surface area contributed by atoms with E-state index in [4.69, 9.17) is 0 Å². The summed E-state index contributed by atoms with van der Waals surface area (Å²) >= 11 is 0. The highest BCUT2D eigenvalue weighted by molar-refractivity contribution is 6.25. The minimum absolute atomic E-state index is 0.103. The maximum absolute atomic E-state index is 2.47. The first-order valence-electron chi connectivity index (χ1n) is 16.8. The maximum Gasteiger partial charge on any atom is 0.0159 e. The molecule has 0 heterocycles. The average molecular weight is 603 g/mol. The van der Waals surface area contributed by atoms with Crippen LogP contribution in [-0.2, 0) is 10.8 Å². The second-order valence-corrected chi connectivity index (χ2v) is 15.0. The Morgan fingerprint density at radius 3 is 1.55 bits per heavy atom. The molecule has 0 fully saturated rings. The molecule has 0 aromatic heterocycles. The molecule has 0 N–H and O–H groups in total. The summed E-state index contributed by atoms with van der Waals surface area (Å²) < 4.78 is 0. The van der Waals surface area contributed by atoms with E-state index in [0.717, 1.165) is 0 Å². The van der Waals surface area contributed by atoms with Crippen LogP contribution >= 0.6 is 0 Å². The zero-order valence-corrected chi connectivity index (χ0v) is 27.8. The van der Waals surface area contributed by atoms with Gasteiger partial charge in [-0.05, 0) is 111 Å². The van der Waals surface area contributed by atoms with E-state index in [1.165, 1.54) is 93.5 Å². The fourth-order valence-corrected chi connectivity index (χ4v) is 8.07. The predicted molar refractivity (Wildman–Crippen MR) is 203 cm³/mol. The van der Waals surface area contributed by atoms with E-state index < -0.39 is 0 Å². The molecule has 0 unspecified atom stereocenters. The van der Waals surface area contributed by atoms with Crippen molar-refractivity contribution in [3.8, 4) is 44.5 Å². The molecular formula is C47H38. The molecule has 0 amide bonds. The summed E-state index contributed by atoms with van der Waals surface area (Å²) in [6.45, 7) is 11.7. The molecule has 0 aliphatic heterocycles. The van der Waals surface area contributed by atoms with Crippen LogP contribution in [0.3, 0.4) is 0 Å². The van der Waals surface area contributed by atoms with Gasteiger partial charge in [0.2, 0.25) is 0 Å². The van der Waals surface area contributed by atoms with Crippen LogP contribution in [0.2, 0.25) is 0 Å². The summed E-state index contributed by atoms with van der Waals surface area (Å²) in [6.07, 6.45) is 0. The van der Waals surface area contributed by atoms with E-state index in [-0.39, 0.29) is 10.8 Å². The zero-order valence-electron chi connectivity index (χ0n) is 27.8. The van der Waals surface area contributed by atoms with E-state index in [0.29, 0.717) is 0 Å². The average Bonchev–Trinajstić information content (AvgIpc) is 3.32. The summed E-state index contributed by atoms with van der Waals surface area (Å²) in [4.78, 5) is 0. The third-order valence-corrected chi connectivity index (χ3v) is 10.8. The topological polar surface area (TPSA) is 0 Å². The van der Waals surface area contributed by atoms with Gasteiger partial charge in [0.25, 0.3) is 0 Å². The van der Waals surface area contributed by atoms with Crippen molar-refractivity contribution in [1.82, 2.24) is 0 Å². The van der Waals surface area contributed by atoms with E-state index in [9.17, 15) is 0 Å². The van der Waals surface area contributed by atoms with Gasteiger partial charge in [0.05, 0.1) is 0 Å². The predicted octanol–water partition coefficient (Wildman–Crippen LogP) is 13.2. The lowest BCUT2D eigenvalue weighted by molar-refractivity contribution is 0.591. The van der Waals surface area contributed by atoms with Crippen LogP contribution in [0.4, 0.5) is 0 Å². The van der Waals surface area contributed by atoms with Crippen LogP contribution in [0, 0.1) is 0 Å². The molecule has 0 saturated heterocycles. The lowest BCUT2D eigenvalue weighted by Crippen LogP contribution is -2.15. The first-order chi connectivity index (χ1) is 22.7. The van der Waals surface area contributed by atoms with Gasteiger partial charge in [-0.1, -0.05) is 162 Å². The molecule has 0 bridgehead atoms. The quantitative estimate of drug-likeness (QED) is 0.177. The molecule has 1 aliphatic carbocycles. The van der Waals surface area contributed by atoms with Gasteiger partial charge in [-0.15, -0.1) is 0 Å². The highest BCUT2D eigenvalue weighted by Crippen LogP contribution is 2.51. The molecular weight excluding hydrogens is 565 g/mol. The lowest BCUT2D eigenvalue weighted by atomic mass is 9.80. The van der Waals surface area contributed by atoms with Gasteiger partial charge in [-0.2, -0.15) is 0 Å². The summed E-state index contributed by atoms with van der Waals surface area (Å²) in [5.41, 5.74) is 14.5. The molecule has 226 valence electrons. The number of hydrogen-bond acceptors (Lipinski definition) is 0. The van der Waals surface area contributed by atoms with Gasteiger partial charge in [0, 0.05) is 5.41 Å². The summed E-state index contributed by atoms with van der Waals surface area (Å²) in [5.74, 6) is 0. The van der Waals surface area contributed by atoms with Crippen molar-refractivity contribution in [1.29, 1.82) is 0 Å². The van der Waals surface area contributed by atoms with Crippen LogP contribution in [0.1, 0.15) is 51.3 Å². The number of hydrogen-bond donors (Lipinski definition) is 0. The second-order valence-electron chi connectivity index (χ2n) is 15.0. The minimum Gasteiger partial charge on any atom is -0.0622 e. The van der Waals surface area contributed by atoms with Crippen LogP contribution in [0.25, 0.3) is 76.8 Å². The van der Waals surface area contributed by atoms with E-state index in [1.807, 2.05) is 0 Å². The van der Waals surface area contributed by atoms with Crippen molar-refractivity contribution < 1.29 is 0 Å². The molecule has 0 saturated carbocycles. The van der Waals surface area contributed by atoms with Crippen molar-refractivity contribution >= 4 is 32.3 Å². The lowest BCUT2D eigenvalue weighted by Gasteiger charge is -2.23. The largest absolute Gasteiger partial charge is 0.0622 e. The molecule has 0 heteroatoms. The Morgan fingerprint density at radius 1 is 0.404 bits per heavy atom. The van der Waals surface area contributed by atoms with Crippen molar-refractivity contribution in [3.63, 3.8) is 0 Å². The molecule has 0 atom stereocenters. The van der Waals surface area contributed by atoms with E-state index in [1.54, 1.807) is 0 Å². The zero-order chi connectivity index (χ0) is 32.1. The first kappa shape index (κ1) is 28.1. The Balaban J connectivity index is 1.13. The van der Waals surface area contributed by atoms with E-state index in [2.05, 4.69) is 174 Å². The van der Waals surface area contributed by atoms with Crippen molar-refractivity contribution in [2.24, 2.45) is 0 Å². The van der Waals surface area contributed by atoms with Crippen molar-refractivity contribution in [2.45, 2.75) is 45.4 Å². The Kier molecular flexibility index (Phi) is 5.91. The normalized spacial score (nSPS) is 13.8. The van der Waals surface area contributed by atoms with Gasteiger partial charge in [-0.3, -0.25) is 0 Å². The summed E-state index contributed by atoms with van der Waals surface area (Å²) in [6, 6.07) is 52.6. The molecule has 9 rings (SSSR count). The van der Waals surface area contributed by atoms with E-state index >= 15 is 0 Å². The SMILES string of the molecule is CC(C)(C)c1cc2ccc3ccc(-c4ccc5c(c4)C(C)(C)c4cc(-c6ccc(-c7ccccc7)cc6)ccc4-5)c4ccc(c1)c2c34. The molecule has 8 aromatic rings. The van der Waals surface area contributed by atoms with Gasteiger partial charge in [0.1, 0.15) is 0 Å². The molecule has 0 nitrogen and oxygen atoms in total. The molecule has 1 aliphatic rings. The van der Waals surface area contributed by atoms with Gasteiger partial charge in [0.15, 0.2) is 0 Å². The Hall–Kier alpha value is -5.20. The second kappa shape index (κ2) is 9.90. The first-order valence-corrected chi connectivity index (χ1v) is 16.8. The summed E-state index contributed by atoms with van der Waals surface area (Å²) in [7, 11) is 0. The van der Waals surface area contributed by atoms with Gasteiger partial charge < -0.3 is 0 Å². The molecule has 0 spiro atoms. The van der Waals surface area contributed by atoms with Crippen LogP contribution in [-0.4, -0.2) is 0 Å². The van der Waals surface area contributed by atoms with Crippen molar-refractivity contribution in [2.75, 3.05) is 0 Å². The van der Waals surface area contributed by atoms with Gasteiger partial charge >= 0.3 is 0 Å². The van der Waals surface area contributed by atoms with Crippen molar-refractivity contribution in [3.05, 3.63) is 156 Å². The standard InChI is InChI=1S/C47H38/c1-46(2,3)37-25-35-16-15-32-17-21-38(41-24-20-36(26-37)44(35)45(32)41)34-19-23-40-39-22-18-33(27-42(39)47(4,5)43(40)28-34)31-13-11-30(12-14-31)29-9-7-6-8-10-29/h6-28H,1-5H3.